The van der Waals surface area contributed by atoms with Crippen LogP contribution in [0.1, 0.15) is 18.1 Å². The molecule has 0 unspecified atom stereocenters. The van der Waals surface area contributed by atoms with E-state index in [0.717, 1.165) is 21.3 Å². The Hall–Kier alpha value is -0.830. The molecule has 0 atom stereocenters. The van der Waals surface area contributed by atoms with Crippen LogP contribution >= 0.6 is 15.9 Å². The van der Waals surface area contributed by atoms with E-state index in [1.165, 1.54) is 0 Å². The maximum absolute atomic E-state index is 11.0. The number of rotatable bonds is 3. The Morgan fingerprint density at radius 1 is 1.50 bits per heavy atom. The van der Waals surface area contributed by atoms with Crippen LogP contribution in [0.15, 0.2) is 16.6 Å². The first-order valence-corrected chi connectivity index (χ1v) is 5.16. The van der Waals surface area contributed by atoms with E-state index in [0.29, 0.717) is 6.42 Å². The highest BCUT2D eigenvalue weighted by Crippen LogP contribution is 2.26. The predicted octanol–water partition coefficient (Wildman–Crippen LogP) is 2.90. The fourth-order valence-electron chi connectivity index (χ4n) is 1.28. The second kappa shape index (κ2) is 4.60. The number of Topliss-reactive ketones (excluding diaryl/α,β-unsaturated/α-hetero) is 1. The zero-order valence-corrected chi connectivity index (χ0v) is 10.1. The van der Waals surface area contributed by atoms with Crippen molar-refractivity contribution in [2.24, 2.45) is 0 Å². The monoisotopic (exact) mass is 256 g/mol. The predicted molar refractivity (Wildman–Crippen MR) is 59.8 cm³/mol. The van der Waals surface area contributed by atoms with Crippen molar-refractivity contribution in [3.63, 3.8) is 0 Å². The van der Waals surface area contributed by atoms with E-state index >= 15 is 0 Å². The summed E-state index contributed by atoms with van der Waals surface area (Å²) in [5.74, 6) is 0.937. The van der Waals surface area contributed by atoms with Crippen molar-refractivity contribution >= 4 is 21.7 Å². The lowest BCUT2D eigenvalue weighted by Crippen LogP contribution is -2.00. The molecule has 0 spiro atoms. The highest BCUT2D eigenvalue weighted by molar-refractivity contribution is 9.10. The van der Waals surface area contributed by atoms with E-state index < -0.39 is 0 Å². The van der Waals surface area contributed by atoms with Gasteiger partial charge in [-0.25, -0.2) is 0 Å². The molecular weight excluding hydrogens is 244 g/mol. The van der Waals surface area contributed by atoms with Gasteiger partial charge >= 0.3 is 0 Å². The Kier molecular flexibility index (Phi) is 3.69. The van der Waals surface area contributed by atoms with Gasteiger partial charge in [-0.2, -0.15) is 0 Å². The van der Waals surface area contributed by atoms with Gasteiger partial charge in [0.05, 0.1) is 7.11 Å². The fourth-order valence-corrected chi connectivity index (χ4v) is 1.76. The van der Waals surface area contributed by atoms with Crippen molar-refractivity contribution < 1.29 is 9.53 Å². The average molecular weight is 257 g/mol. The molecule has 0 aliphatic carbocycles. The van der Waals surface area contributed by atoms with Crippen molar-refractivity contribution in [1.82, 2.24) is 0 Å². The van der Waals surface area contributed by atoms with Crippen LogP contribution in [0, 0.1) is 6.92 Å². The van der Waals surface area contributed by atoms with E-state index in [1.54, 1.807) is 14.0 Å². The molecule has 0 saturated heterocycles. The molecule has 3 heteroatoms. The van der Waals surface area contributed by atoms with Gasteiger partial charge in [0.1, 0.15) is 11.5 Å². The minimum atomic E-state index is 0.160. The zero-order valence-electron chi connectivity index (χ0n) is 8.56. The lowest BCUT2D eigenvalue weighted by molar-refractivity contribution is -0.116. The first-order chi connectivity index (χ1) is 6.54. The van der Waals surface area contributed by atoms with Crippen LogP contribution in [-0.2, 0) is 11.2 Å². The van der Waals surface area contributed by atoms with Gasteiger partial charge in [0.25, 0.3) is 0 Å². The molecule has 1 aromatic rings. The lowest BCUT2D eigenvalue weighted by Gasteiger charge is -2.09. The molecular formula is C11H13BrO2. The van der Waals surface area contributed by atoms with Crippen molar-refractivity contribution in [3.8, 4) is 5.75 Å². The third-order valence-corrected chi connectivity index (χ3v) is 2.92. The largest absolute Gasteiger partial charge is 0.497 e. The van der Waals surface area contributed by atoms with Crippen molar-refractivity contribution in [1.29, 1.82) is 0 Å². The Morgan fingerprint density at radius 3 is 2.64 bits per heavy atom. The van der Waals surface area contributed by atoms with Crippen LogP contribution in [0.2, 0.25) is 0 Å². The van der Waals surface area contributed by atoms with E-state index in [-0.39, 0.29) is 5.78 Å². The summed E-state index contributed by atoms with van der Waals surface area (Å²) in [4.78, 5) is 11.0. The number of ether oxygens (including phenoxy) is 1. The molecule has 0 radical (unpaired) electrons. The highest BCUT2D eigenvalue weighted by Gasteiger charge is 2.07. The SMILES string of the molecule is COc1cc(Br)c(C)c(CC(C)=O)c1. The van der Waals surface area contributed by atoms with Gasteiger partial charge in [-0.1, -0.05) is 15.9 Å². The number of halogens is 1. The molecule has 0 amide bonds. The van der Waals surface area contributed by atoms with Gasteiger partial charge < -0.3 is 4.74 Å². The zero-order chi connectivity index (χ0) is 10.7. The quantitative estimate of drug-likeness (QED) is 0.832. The van der Waals surface area contributed by atoms with Gasteiger partial charge in [0.15, 0.2) is 0 Å². The normalized spacial score (nSPS) is 10.0. The summed E-state index contributed by atoms with van der Waals surface area (Å²) in [6, 6.07) is 3.81. The molecule has 0 fully saturated rings. The third-order valence-electron chi connectivity index (χ3n) is 2.10. The number of benzene rings is 1. The summed E-state index contributed by atoms with van der Waals surface area (Å²) in [5, 5.41) is 0. The fraction of sp³-hybridized carbons (Fsp3) is 0.364. The molecule has 1 rings (SSSR count). The van der Waals surface area contributed by atoms with Crippen molar-refractivity contribution in [2.45, 2.75) is 20.3 Å². The molecule has 76 valence electrons. The molecule has 0 N–H and O–H groups in total. The Balaban J connectivity index is 3.13. The maximum atomic E-state index is 11.0. The average Bonchev–Trinajstić information content (AvgIpc) is 2.11. The van der Waals surface area contributed by atoms with Crippen LogP contribution in [0.3, 0.4) is 0 Å². The number of hydrogen-bond donors (Lipinski definition) is 0. The van der Waals surface area contributed by atoms with Crippen LogP contribution in [-0.4, -0.2) is 12.9 Å². The lowest BCUT2D eigenvalue weighted by atomic mass is 10.0. The standard InChI is InChI=1S/C11H13BrO2/c1-7(13)4-9-5-10(14-3)6-11(12)8(9)2/h5-6H,4H2,1-3H3. The molecule has 0 aromatic heterocycles. The molecule has 2 nitrogen and oxygen atoms in total. The second-order valence-corrected chi connectivity index (χ2v) is 4.13. The molecule has 0 aliphatic rings. The van der Waals surface area contributed by atoms with Crippen LogP contribution in [0.25, 0.3) is 0 Å². The molecule has 1 aromatic carbocycles. The summed E-state index contributed by atoms with van der Waals surface area (Å²) in [6.45, 7) is 3.58. The molecule has 0 saturated carbocycles. The van der Waals surface area contributed by atoms with E-state index in [9.17, 15) is 4.79 Å². The number of ketones is 1. The third kappa shape index (κ3) is 2.58. The molecule has 0 bridgehead atoms. The Bertz CT molecular complexity index is 359. The summed E-state index contributed by atoms with van der Waals surface area (Å²) < 4.78 is 6.11. The molecule has 0 aliphatic heterocycles. The summed E-state index contributed by atoms with van der Waals surface area (Å²) in [5.41, 5.74) is 2.12. The van der Waals surface area contributed by atoms with Crippen LogP contribution in [0.4, 0.5) is 0 Å². The van der Waals surface area contributed by atoms with Gasteiger partial charge in [-0.15, -0.1) is 0 Å². The number of hydrogen-bond acceptors (Lipinski definition) is 2. The van der Waals surface area contributed by atoms with Gasteiger partial charge in [-0.3, -0.25) is 4.79 Å². The molecule has 0 heterocycles. The minimum absolute atomic E-state index is 0.160. The number of methoxy groups -OCH3 is 1. The van der Waals surface area contributed by atoms with Gasteiger partial charge in [0.2, 0.25) is 0 Å². The number of carbonyl (C=O) groups is 1. The Labute approximate surface area is 92.4 Å². The van der Waals surface area contributed by atoms with Crippen LogP contribution < -0.4 is 4.74 Å². The Morgan fingerprint density at radius 2 is 2.14 bits per heavy atom. The van der Waals surface area contributed by atoms with Gasteiger partial charge in [-0.05, 0) is 37.1 Å². The van der Waals surface area contributed by atoms with E-state index in [2.05, 4.69) is 15.9 Å². The first kappa shape index (κ1) is 11.2. The van der Waals surface area contributed by atoms with Crippen molar-refractivity contribution in [3.05, 3.63) is 27.7 Å². The minimum Gasteiger partial charge on any atom is -0.497 e. The maximum Gasteiger partial charge on any atom is 0.134 e. The summed E-state index contributed by atoms with van der Waals surface area (Å²) in [6.07, 6.45) is 0.460. The number of carbonyl (C=O) groups excluding carboxylic acids is 1. The van der Waals surface area contributed by atoms with E-state index in [4.69, 9.17) is 4.74 Å². The second-order valence-electron chi connectivity index (χ2n) is 3.27. The smallest absolute Gasteiger partial charge is 0.134 e. The van der Waals surface area contributed by atoms with E-state index in [1.807, 2.05) is 19.1 Å². The highest BCUT2D eigenvalue weighted by atomic mass is 79.9. The van der Waals surface area contributed by atoms with Crippen LogP contribution in [0.5, 0.6) is 5.75 Å². The van der Waals surface area contributed by atoms with Crippen molar-refractivity contribution in [2.75, 3.05) is 7.11 Å². The first-order valence-electron chi connectivity index (χ1n) is 4.37. The summed E-state index contributed by atoms with van der Waals surface area (Å²) >= 11 is 3.44. The summed E-state index contributed by atoms with van der Waals surface area (Å²) in [7, 11) is 1.62. The molecule has 14 heavy (non-hydrogen) atoms. The van der Waals surface area contributed by atoms with Gasteiger partial charge in [0, 0.05) is 10.9 Å². The topological polar surface area (TPSA) is 26.3 Å².